The summed E-state index contributed by atoms with van der Waals surface area (Å²) < 4.78 is 0. The zero-order valence-electron chi connectivity index (χ0n) is 10.1. The lowest BCUT2D eigenvalue weighted by molar-refractivity contribution is -0.154. The Morgan fingerprint density at radius 2 is 1.63 bits per heavy atom. The van der Waals surface area contributed by atoms with Crippen molar-refractivity contribution < 1.29 is 19.5 Å². The number of fused-ring (bicyclic) bond motifs is 5. The van der Waals surface area contributed by atoms with Crippen molar-refractivity contribution >= 4 is 49.6 Å². The number of rotatable bonds is 2. The van der Waals surface area contributed by atoms with Crippen LogP contribution < -0.4 is 0 Å². The number of imide groups is 1. The maximum absolute atomic E-state index is 12.4. The Morgan fingerprint density at radius 1 is 1.21 bits per heavy atom. The van der Waals surface area contributed by atoms with E-state index < -0.39 is 12.0 Å². The van der Waals surface area contributed by atoms with Crippen LogP contribution in [0.2, 0.25) is 0 Å². The molecule has 5 nitrogen and oxygen atoms in total. The number of likely N-dealkylation sites (tertiary alicyclic amines) is 1. The lowest BCUT2D eigenvalue weighted by atomic mass is 9.81. The Balaban J connectivity index is 1.95. The van der Waals surface area contributed by atoms with Gasteiger partial charge in [-0.05, 0) is 25.2 Å². The van der Waals surface area contributed by atoms with Crippen LogP contribution in [0, 0.1) is 23.7 Å². The summed E-state index contributed by atoms with van der Waals surface area (Å²) in [5.74, 6) is -2.17. The first kappa shape index (κ1) is 13.5. The Hall–Kier alpha value is -0.430. The number of hydrogen-bond acceptors (Lipinski definition) is 3. The number of carboxylic acid groups (broad SMARTS) is 1. The molecule has 7 unspecified atom stereocenters. The largest absolute Gasteiger partial charge is 0.480 e. The van der Waals surface area contributed by atoms with Gasteiger partial charge >= 0.3 is 5.97 Å². The Labute approximate surface area is 127 Å². The van der Waals surface area contributed by atoms with E-state index in [0.29, 0.717) is 0 Å². The summed E-state index contributed by atoms with van der Waals surface area (Å²) in [6.07, 6.45) is 0.855. The van der Waals surface area contributed by atoms with Crippen LogP contribution in [0.3, 0.4) is 0 Å². The molecule has 7 atom stereocenters. The van der Waals surface area contributed by atoms with E-state index in [1.165, 1.54) is 6.92 Å². The summed E-state index contributed by atoms with van der Waals surface area (Å²) in [6, 6.07) is -1.08. The van der Waals surface area contributed by atoms with Gasteiger partial charge in [-0.3, -0.25) is 14.5 Å². The molecule has 7 heteroatoms. The van der Waals surface area contributed by atoms with Crippen LogP contribution in [0.25, 0.3) is 0 Å². The van der Waals surface area contributed by atoms with Gasteiger partial charge in [0.15, 0.2) is 0 Å². The molecule has 2 aliphatic carbocycles. The summed E-state index contributed by atoms with van der Waals surface area (Å²) in [5.41, 5.74) is 0. The molecule has 0 spiro atoms. The van der Waals surface area contributed by atoms with Gasteiger partial charge in [-0.25, -0.2) is 4.79 Å². The van der Waals surface area contributed by atoms with Crippen LogP contribution in [0.4, 0.5) is 0 Å². The molecule has 0 aromatic heterocycles. The van der Waals surface area contributed by atoms with Crippen molar-refractivity contribution in [3.63, 3.8) is 0 Å². The van der Waals surface area contributed by atoms with E-state index >= 15 is 0 Å². The van der Waals surface area contributed by atoms with E-state index in [2.05, 4.69) is 31.9 Å². The minimum absolute atomic E-state index is 0.127. The lowest BCUT2D eigenvalue weighted by Gasteiger charge is -2.28. The van der Waals surface area contributed by atoms with Crippen molar-refractivity contribution in [3.8, 4) is 0 Å². The highest BCUT2D eigenvalue weighted by Crippen LogP contribution is 2.60. The van der Waals surface area contributed by atoms with Gasteiger partial charge in [0.05, 0.1) is 11.8 Å². The molecule has 104 valence electrons. The molecule has 1 saturated heterocycles. The first-order valence-electron chi connectivity index (χ1n) is 6.24. The second-order valence-corrected chi connectivity index (χ2v) is 7.68. The molecule has 2 bridgehead atoms. The minimum Gasteiger partial charge on any atom is -0.480 e. The summed E-state index contributed by atoms with van der Waals surface area (Å²) in [5, 5.41) is 9.03. The maximum atomic E-state index is 12.4. The number of carbonyl (C=O) groups excluding carboxylic acids is 2. The van der Waals surface area contributed by atoms with Crippen molar-refractivity contribution in [2.75, 3.05) is 0 Å². The van der Waals surface area contributed by atoms with Crippen LogP contribution in [-0.2, 0) is 14.4 Å². The first-order valence-corrected chi connectivity index (χ1v) is 8.07. The molecule has 3 aliphatic rings. The van der Waals surface area contributed by atoms with Crippen LogP contribution in [-0.4, -0.2) is 43.5 Å². The van der Waals surface area contributed by atoms with Gasteiger partial charge in [0, 0.05) is 9.65 Å². The van der Waals surface area contributed by atoms with E-state index in [1.807, 2.05) is 0 Å². The predicted molar refractivity (Wildman–Crippen MR) is 73.0 cm³/mol. The summed E-state index contributed by atoms with van der Waals surface area (Å²) in [7, 11) is 0. The first-order chi connectivity index (χ1) is 8.86. The molecule has 0 radical (unpaired) electrons. The zero-order valence-corrected chi connectivity index (χ0v) is 13.3. The maximum Gasteiger partial charge on any atom is 0.326 e. The number of carboxylic acids is 1. The third-order valence-electron chi connectivity index (χ3n) is 4.77. The SMILES string of the molecule is CC(C(=O)O)N1C(=O)C2C3CC(C(Br)C3Br)C2C1=O. The zero-order chi connectivity index (χ0) is 14.1. The molecule has 3 fully saturated rings. The number of halogens is 2. The fourth-order valence-electron chi connectivity index (χ4n) is 3.86. The van der Waals surface area contributed by atoms with Crippen LogP contribution >= 0.6 is 31.9 Å². The third kappa shape index (κ3) is 1.60. The van der Waals surface area contributed by atoms with Crippen molar-refractivity contribution in [3.05, 3.63) is 0 Å². The fraction of sp³-hybridized carbons (Fsp3) is 0.750. The van der Waals surface area contributed by atoms with Crippen molar-refractivity contribution in [1.29, 1.82) is 0 Å². The summed E-state index contributed by atoms with van der Waals surface area (Å²) in [4.78, 5) is 37.1. The third-order valence-corrected chi connectivity index (χ3v) is 7.97. The monoisotopic (exact) mass is 393 g/mol. The second-order valence-electron chi connectivity index (χ2n) is 5.56. The number of nitrogens with zero attached hydrogens (tertiary/aromatic N) is 1. The van der Waals surface area contributed by atoms with E-state index in [-0.39, 0.29) is 45.1 Å². The van der Waals surface area contributed by atoms with Gasteiger partial charge < -0.3 is 5.11 Å². The molecule has 3 rings (SSSR count). The summed E-state index contributed by atoms with van der Waals surface area (Å²) in [6.45, 7) is 1.39. The van der Waals surface area contributed by atoms with Gasteiger partial charge in [0.2, 0.25) is 11.8 Å². The number of amides is 2. The average molecular weight is 395 g/mol. The second kappa shape index (κ2) is 4.28. The van der Waals surface area contributed by atoms with Crippen LogP contribution in [0.5, 0.6) is 0 Å². The highest BCUT2D eigenvalue weighted by Gasteiger charge is 2.67. The topological polar surface area (TPSA) is 74.7 Å². The smallest absolute Gasteiger partial charge is 0.326 e. The van der Waals surface area contributed by atoms with Gasteiger partial charge in [0.25, 0.3) is 0 Å². The number of alkyl halides is 2. The Morgan fingerprint density at radius 3 is 2.00 bits per heavy atom. The number of aliphatic carboxylic acids is 1. The average Bonchev–Trinajstić information content (AvgIpc) is 2.94. The standard InChI is InChI=1S/C12H13Br2NO4/c1-3(12(18)19)15-10(16)6-4-2-5(7(6)11(15)17)9(14)8(4)13/h3-9H,2H2,1H3,(H,18,19). The molecule has 0 aromatic carbocycles. The molecule has 19 heavy (non-hydrogen) atoms. The molecule has 2 saturated carbocycles. The van der Waals surface area contributed by atoms with Crippen LogP contribution in [0.15, 0.2) is 0 Å². The van der Waals surface area contributed by atoms with E-state index in [0.717, 1.165) is 11.3 Å². The number of hydrogen-bond donors (Lipinski definition) is 1. The molecule has 0 aromatic rings. The van der Waals surface area contributed by atoms with Crippen molar-refractivity contribution in [1.82, 2.24) is 4.90 Å². The quantitative estimate of drug-likeness (QED) is 0.564. The Bertz CT molecular complexity index is 450. The van der Waals surface area contributed by atoms with Gasteiger partial charge in [-0.1, -0.05) is 31.9 Å². The van der Waals surface area contributed by atoms with E-state index in [1.54, 1.807) is 0 Å². The molecular formula is C12H13Br2NO4. The molecular weight excluding hydrogens is 382 g/mol. The number of carbonyl (C=O) groups is 3. The van der Waals surface area contributed by atoms with Crippen molar-refractivity contribution in [2.45, 2.75) is 29.0 Å². The Kier molecular flexibility index (Phi) is 3.05. The predicted octanol–water partition coefficient (Wildman–Crippen LogP) is 1.24. The van der Waals surface area contributed by atoms with E-state index in [9.17, 15) is 14.4 Å². The van der Waals surface area contributed by atoms with Crippen molar-refractivity contribution in [2.24, 2.45) is 23.7 Å². The van der Waals surface area contributed by atoms with Gasteiger partial charge in [-0.15, -0.1) is 0 Å². The minimum atomic E-state index is -1.14. The lowest BCUT2D eigenvalue weighted by Crippen LogP contribution is -2.44. The highest BCUT2D eigenvalue weighted by molar-refractivity contribution is 9.12. The van der Waals surface area contributed by atoms with Crippen LogP contribution in [0.1, 0.15) is 13.3 Å². The molecule has 1 N–H and O–H groups in total. The molecule has 2 amide bonds. The normalized spacial score (nSPS) is 45.7. The molecule has 1 heterocycles. The highest BCUT2D eigenvalue weighted by atomic mass is 79.9. The fourth-order valence-corrected chi connectivity index (χ4v) is 5.74. The summed E-state index contributed by atoms with van der Waals surface area (Å²) >= 11 is 7.17. The van der Waals surface area contributed by atoms with E-state index in [4.69, 9.17) is 5.11 Å². The van der Waals surface area contributed by atoms with Gasteiger partial charge in [-0.2, -0.15) is 0 Å². The molecule has 1 aliphatic heterocycles. The van der Waals surface area contributed by atoms with Gasteiger partial charge in [0.1, 0.15) is 6.04 Å².